The van der Waals surface area contributed by atoms with Gasteiger partial charge in [0.2, 0.25) is 0 Å². The van der Waals surface area contributed by atoms with Gasteiger partial charge in [0.25, 0.3) is 0 Å². The van der Waals surface area contributed by atoms with E-state index in [2.05, 4.69) is 15.9 Å². The van der Waals surface area contributed by atoms with Gasteiger partial charge in [-0.05, 0) is 6.07 Å². The fourth-order valence-corrected chi connectivity index (χ4v) is 1.70. The number of rotatable bonds is 1. The third kappa shape index (κ3) is 1.52. The van der Waals surface area contributed by atoms with Crippen molar-refractivity contribution in [2.75, 3.05) is 0 Å². The lowest BCUT2D eigenvalue weighted by Crippen LogP contribution is -1.95. The van der Waals surface area contributed by atoms with E-state index in [1.165, 1.54) is 6.07 Å². The Bertz CT molecular complexity index is 487. The van der Waals surface area contributed by atoms with Crippen molar-refractivity contribution in [2.45, 2.75) is 5.33 Å². The van der Waals surface area contributed by atoms with Crippen LogP contribution in [0.3, 0.4) is 0 Å². The van der Waals surface area contributed by atoms with E-state index in [1.807, 2.05) is 18.2 Å². The summed E-state index contributed by atoms with van der Waals surface area (Å²) in [5.74, 6) is 0. The van der Waals surface area contributed by atoms with Crippen LogP contribution in [0.2, 0.25) is 0 Å². The van der Waals surface area contributed by atoms with Gasteiger partial charge in [-0.1, -0.05) is 34.1 Å². The second-order valence-corrected chi connectivity index (χ2v) is 3.28. The normalized spacial score (nSPS) is 10.5. The molecular formula is C10H7BrO2. The molecule has 0 spiro atoms. The molecule has 0 amide bonds. The summed E-state index contributed by atoms with van der Waals surface area (Å²) >= 11 is 3.34. The molecule has 13 heavy (non-hydrogen) atoms. The molecule has 1 heterocycles. The van der Waals surface area contributed by atoms with Gasteiger partial charge < -0.3 is 4.42 Å². The molecular weight excluding hydrogens is 232 g/mol. The zero-order chi connectivity index (χ0) is 9.26. The Morgan fingerprint density at radius 1 is 1.23 bits per heavy atom. The molecule has 66 valence electrons. The van der Waals surface area contributed by atoms with Crippen molar-refractivity contribution >= 4 is 26.9 Å². The van der Waals surface area contributed by atoms with Crippen LogP contribution in [0.4, 0.5) is 0 Å². The van der Waals surface area contributed by atoms with E-state index in [1.54, 1.807) is 6.07 Å². The molecule has 0 aliphatic carbocycles. The molecule has 0 bridgehead atoms. The second-order valence-electron chi connectivity index (χ2n) is 2.72. The van der Waals surface area contributed by atoms with Gasteiger partial charge >= 0.3 is 5.63 Å². The van der Waals surface area contributed by atoms with E-state index in [4.69, 9.17) is 4.42 Å². The van der Waals surface area contributed by atoms with Crippen LogP contribution in [-0.4, -0.2) is 0 Å². The summed E-state index contributed by atoms with van der Waals surface area (Å²) in [4.78, 5) is 11.0. The summed E-state index contributed by atoms with van der Waals surface area (Å²) in [5.41, 5.74) is 1.36. The molecule has 1 aromatic heterocycles. The maximum absolute atomic E-state index is 11.0. The van der Waals surface area contributed by atoms with Crippen molar-refractivity contribution in [3.05, 3.63) is 46.3 Å². The predicted molar refractivity (Wildman–Crippen MR) is 55.1 cm³/mol. The molecule has 0 radical (unpaired) electrons. The first-order chi connectivity index (χ1) is 6.31. The first-order valence-corrected chi connectivity index (χ1v) is 5.01. The minimum absolute atomic E-state index is 0.305. The number of halogens is 1. The van der Waals surface area contributed by atoms with Crippen molar-refractivity contribution in [3.63, 3.8) is 0 Å². The largest absolute Gasteiger partial charge is 0.422 e. The van der Waals surface area contributed by atoms with E-state index in [9.17, 15) is 4.79 Å². The Labute approximate surface area is 83.3 Å². The lowest BCUT2D eigenvalue weighted by Gasteiger charge is -1.99. The van der Waals surface area contributed by atoms with Gasteiger partial charge in [-0.25, -0.2) is 4.79 Å². The Kier molecular flexibility index (Phi) is 2.19. The Morgan fingerprint density at radius 3 is 2.85 bits per heavy atom. The van der Waals surface area contributed by atoms with Gasteiger partial charge in [0.1, 0.15) is 5.58 Å². The number of hydrogen-bond donors (Lipinski definition) is 0. The maximum atomic E-state index is 11.0. The van der Waals surface area contributed by atoms with Gasteiger partial charge in [-0.3, -0.25) is 0 Å². The van der Waals surface area contributed by atoms with Crippen molar-refractivity contribution in [2.24, 2.45) is 0 Å². The average Bonchev–Trinajstić information content (AvgIpc) is 2.17. The van der Waals surface area contributed by atoms with Gasteiger partial charge in [-0.15, -0.1) is 0 Å². The topological polar surface area (TPSA) is 30.2 Å². The Morgan fingerprint density at radius 2 is 2.08 bits per heavy atom. The molecule has 1 aromatic carbocycles. The number of benzene rings is 1. The fraction of sp³-hybridized carbons (Fsp3) is 0.100. The summed E-state index contributed by atoms with van der Waals surface area (Å²) in [6.07, 6.45) is 0. The third-order valence-corrected chi connectivity index (χ3v) is 2.48. The number of fused-ring (bicyclic) bond motifs is 1. The quantitative estimate of drug-likeness (QED) is 0.565. The molecule has 0 saturated carbocycles. The lowest BCUT2D eigenvalue weighted by molar-refractivity contribution is 0.558. The molecule has 0 N–H and O–H groups in total. The molecule has 0 unspecified atom stereocenters. The second kappa shape index (κ2) is 3.34. The maximum Gasteiger partial charge on any atom is 0.336 e. The summed E-state index contributed by atoms with van der Waals surface area (Å²) in [7, 11) is 0. The van der Waals surface area contributed by atoms with E-state index >= 15 is 0 Å². The van der Waals surface area contributed by atoms with Crippen LogP contribution in [0.25, 0.3) is 11.0 Å². The van der Waals surface area contributed by atoms with Gasteiger partial charge in [0.15, 0.2) is 0 Å². The molecule has 3 heteroatoms. The van der Waals surface area contributed by atoms with Crippen LogP contribution < -0.4 is 5.63 Å². The predicted octanol–water partition coefficient (Wildman–Crippen LogP) is 2.69. The van der Waals surface area contributed by atoms with Crippen LogP contribution in [0.15, 0.2) is 39.5 Å². The van der Waals surface area contributed by atoms with Crippen molar-refractivity contribution in [1.29, 1.82) is 0 Å². The average molecular weight is 239 g/mol. The van der Waals surface area contributed by atoms with Gasteiger partial charge in [-0.2, -0.15) is 0 Å². The van der Waals surface area contributed by atoms with Crippen molar-refractivity contribution in [3.8, 4) is 0 Å². The molecule has 2 rings (SSSR count). The van der Waals surface area contributed by atoms with E-state index < -0.39 is 0 Å². The molecule has 0 fully saturated rings. The highest BCUT2D eigenvalue weighted by molar-refractivity contribution is 9.08. The van der Waals surface area contributed by atoms with E-state index in [0.717, 1.165) is 10.9 Å². The monoisotopic (exact) mass is 238 g/mol. The molecule has 0 saturated heterocycles. The molecule has 2 aromatic rings. The molecule has 0 aliphatic rings. The Balaban J connectivity index is 2.87. The third-order valence-electron chi connectivity index (χ3n) is 1.87. The van der Waals surface area contributed by atoms with Crippen LogP contribution in [-0.2, 0) is 5.33 Å². The lowest BCUT2D eigenvalue weighted by atomic mass is 10.1. The zero-order valence-corrected chi connectivity index (χ0v) is 8.37. The molecule has 2 nitrogen and oxygen atoms in total. The minimum atomic E-state index is -0.305. The van der Waals surface area contributed by atoms with Crippen LogP contribution in [0, 0.1) is 0 Å². The summed E-state index contributed by atoms with van der Waals surface area (Å²) in [6, 6.07) is 9.00. The first-order valence-electron chi connectivity index (χ1n) is 3.89. The first kappa shape index (κ1) is 8.51. The highest BCUT2D eigenvalue weighted by Crippen LogP contribution is 2.18. The highest BCUT2D eigenvalue weighted by atomic mass is 79.9. The van der Waals surface area contributed by atoms with Crippen LogP contribution in [0.1, 0.15) is 5.56 Å². The molecule has 0 aliphatic heterocycles. The van der Waals surface area contributed by atoms with Crippen LogP contribution in [0.5, 0.6) is 0 Å². The van der Waals surface area contributed by atoms with Gasteiger partial charge in [0, 0.05) is 22.3 Å². The highest BCUT2D eigenvalue weighted by Gasteiger charge is 2.01. The summed E-state index contributed by atoms with van der Waals surface area (Å²) in [6.45, 7) is 0. The number of para-hydroxylation sites is 1. The summed E-state index contributed by atoms with van der Waals surface area (Å²) < 4.78 is 5.10. The molecule has 0 atom stereocenters. The van der Waals surface area contributed by atoms with Gasteiger partial charge in [0.05, 0.1) is 0 Å². The minimum Gasteiger partial charge on any atom is -0.422 e. The fourth-order valence-electron chi connectivity index (χ4n) is 1.26. The van der Waals surface area contributed by atoms with Crippen molar-refractivity contribution in [1.82, 2.24) is 0 Å². The van der Waals surface area contributed by atoms with E-state index in [-0.39, 0.29) is 5.63 Å². The number of alkyl halides is 1. The standard InChI is InChI=1S/C10H7BrO2/c11-6-8-3-1-2-7-4-5-9(12)13-10(7)8/h1-5H,6H2. The van der Waals surface area contributed by atoms with Crippen molar-refractivity contribution < 1.29 is 4.42 Å². The Hall–Kier alpha value is -1.09. The smallest absolute Gasteiger partial charge is 0.336 e. The SMILES string of the molecule is O=c1ccc2cccc(CBr)c2o1. The summed E-state index contributed by atoms with van der Waals surface area (Å²) in [5, 5.41) is 1.65. The van der Waals surface area contributed by atoms with E-state index in [0.29, 0.717) is 10.9 Å². The number of hydrogen-bond acceptors (Lipinski definition) is 2. The zero-order valence-electron chi connectivity index (χ0n) is 6.79. The van der Waals surface area contributed by atoms with Crippen LogP contribution >= 0.6 is 15.9 Å².